The summed E-state index contributed by atoms with van der Waals surface area (Å²) in [5, 5.41) is 13.1. The van der Waals surface area contributed by atoms with Crippen molar-refractivity contribution in [1.82, 2.24) is 4.98 Å². The van der Waals surface area contributed by atoms with Crippen molar-refractivity contribution in [2.75, 3.05) is 5.43 Å². The number of benzene rings is 1. The van der Waals surface area contributed by atoms with Crippen molar-refractivity contribution in [1.29, 1.82) is 0 Å². The number of nitrogens with one attached hydrogen (secondary N) is 1. The van der Waals surface area contributed by atoms with Crippen molar-refractivity contribution in [3.63, 3.8) is 0 Å². The summed E-state index contributed by atoms with van der Waals surface area (Å²) in [6.07, 6.45) is 7.03. The van der Waals surface area contributed by atoms with Crippen LogP contribution in [0.15, 0.2) is 53.8 Å². The molecule has 22 heavy (non-hydrogen) atoms. The fourth-order valence-corrected chi connectivity index (χ4v) is 1.91. The standard InChI is InChI=1S/C17H17N3O2/c1-3-4-8-19-20-16-12(2)9-15(11-18-16)13-6-5-7-14(10-13)17(21)22/h3-11H,1-2H3,(H,18,20)(H,21,22)/b4-3+,19-8+. The zero-order valence-corrected chi connectivity index (χ0v) is 12.4. The second-order valence-electron chi connectivity index (χ2n) is 4.69. The lowest BCUT2D eigenvalue weighted by atomic mass is 10.0. The Morgan fingerprint density at radius 1 is 1.32 bits per heavy atom. The molecule has 0 aliphatic rings. The first-order chi connectivity index (χ1) is 10.6. The minimum absolute atomic E-state index is 0.258. The van der Waals surface area contributed by atoms with Crippen molar-refractivity contribution in [2.24, 2.45) is 5.10 Å². The zero-order chi connectivity index (χ0) is 15.9. The lowest BCUT2D eigenvalue weighted by Crippen LogP contribution is -1.97. The van der Waals surface area contributed by atoms with Crippen molar-refractivity contribution < 1.29 is 9.90 Å². The molecule has 0 aliphatic carbocycles. The maximum absolute atomic E-state index is 11.0. The Bertz CT molecular complexity index is 736. The molecule has 0 saturated carbocycles. The molecule has 5 heteroatoms. The average Bonchev–Trinajstić information content (AvgIpc) is 2.53. The molecule has 0 radical (unpaired) electrons. The van der Waals surface area contributed by atoms with Crippen molar-refractivity contribution in [2.45, 2.75) is 13.8 Å². The molecular formula is C17H17N3O2. The van der Waals surface area contributed by atoms with E-state index in [4.69, 9.17) is 5.11 Å². The summed E-state index contributed by atoms with van der Waals surface area (Å²) in [5.41, 5.74) is 5.74. The van der Waals surface area contributed by atoms with Gasteiger partial charge in [0, 0.05) is 18.0 Å². The second kappa shape index (κ2) is 7.17. The van der Waals surface area contributed by atoms with Crippen LogP contribution in [0.25, 0.3) is 11.1 Å². The van der Waals surface area contributed by atoms with Crippen LogP contribution in [0.5, 0.6) is 0 Å². The van der Waals surface area contributed by atoms with E-state index < -0.39 is 5.97 Å². The molecule has 1 aromatic heterocycles. The summed E-state index contributed by atoms with van der Waals surface area (Å²) in [6.45, 7) is 3.83. The average molecular weight is 295 g/mol. The minimum atomic E-state index is -0.942. The third-order valence-corrected chi connectivity index (χ3v) is 3.04. The zero-order valence-electron chi connectivity index (χ0n) is 12.4. The van der Waals surface area contributed by atoms with Crippen LogP contribution in [-0.2, 0) is 0 Å². The van der Waals surface area contributed by atoms with Crippen LogP contribution in [0.3, 0.4) is 0 Å². The van der Waals surface area contributed by atoms with Gasteiger partial charge in [-0.05, 0) is 49.2 Å². The van der Waals surface area contributed by atoms with Crippen LogP contribution in [0.1, 0.15) is 22.8 Å². The number of aromatic carboxylic acids is 1. The monoisotopic (exact) mass is 295 g/mol. The topological polar surface area (TPSA) is 74.6 Å². The van der Waals surface area contributed by atoms with E-state index in [0.717, 1.165) is 16.7 Å². The SMILES string of the molecule is C/C=C/C=N/Nc1ncc(-c2cccc(C(=O)O)c2)cc1C. The Morgan fingerprint density at radius 2 is 2.14 bits per heavy atom. The predicted octanol–water partition coefficient (Wildman–Crippen LogP) is 3.73. The Labute approximate surface area is 129 Å². The van der Waals surface area contributed by atoms with Gasteiger partial charge in [-0.25, -0.2) is 9.78 Å². The number of hydrogen-bond acceptors (Lipinski definition) is 4. The van der Waals surface area contributed by atoms with Crippen LogP contribution in [0, 0.1) is 6.92 Å². The maximum atomic E-state index is 11.0. The number of aromatic nitrogens is 1. The Hall–Kier alpha value is -2.95. The van der Waals surface area contributed by atoms with Gasteiger partial charge in [-0.15, -0.1) is 0 Å². The third kappa shape index (κ3) is 3.79. The van der Waals surface area contributed by atoms with Crippen LogP contribution < -0.4 is 5.43 Å². The van der Waals surface area contributed by atoms with E-state index in [1.54, 1.807) is 30.6 Å². The number of hydrogen-bond donors (Lipinski definition) is 2. The van der Waals surface area contributed by atoms with Gasteiger partial charge < -0.3 is 5.11 Å². The number of rotatable bonds is 5. The Morgan fingerprint density at radius 3 is 2.82 bits per heavy atom. The van der Waals surface area contributed by atoms with Crippen molar-refractivity contribution >= 4 is 18.0 Å². The number of aryl methyl sites for hydroxylation is 1. The van der Waals surface area contributed by atoms with Crippen LogP contribution in [-0.4, -0.2) is 22.3 Å². The summed E-state index contributed by atoms with van der Waals surface area (Å²) in [4.78, 5) is 15.4. The number of pyridine rings is 1. The molecule has 0 bridgehead atoms. The molecule has 0 spiro atoms. The highest BCUT2D eigenvalue weighted by Gasteiger charge is 2.07. The second-order valence-corrected chi connectivity index (χ2v) is 4.69. The lowest BCUT2D eigenvalue weighted by molar-refractivity contribution is 0.0697. The van der Waals surface area contributed by atoms with E-state index in [1.807, 2.05) is 38.1 Å². The molecule has 2 N–H and O–H groups in total. The van der Waals surface area contributed by atoms with Gasteiger partial charge in [-0.1, -0.05) is 18.2 Å². The number of anilines is 1. The van der Waals surface area contributed by atoms with Gasteiger partial charge in [-0.3, -0.25) is 5.43 Å². The van der Waals surface area contributed by atoms with E-state index in [1.165, 1.54) is 0 Å². The van der Waals surface area contributed by atoms with E-state index in [0.29, 0.717) is 5.82 Å². The van der Waals surface area contributed by atoms with Gasteiger partial charge >= 0.3 is 5.97 Å². The first kappa shape index (κ1) is 15.4. The van der Waals surface area contributed by atoms with Gasteiger partial charge in [0.25, 0.3) is 0 Å². The molecule has 0 aliphatic heterocycles. The molecule has 0 unspecified atom stereocenters. The van der Waals surface area contributed by atoms with E-state index in [9.17, 15) is 4.79 Å². The van der Waals surface area contributed by atoms with Gasteiger partial charge in [0.1, 0.15) is 5.82 Å². The summed E-state index contributed by atoms with van der Waals surface area (Å²) in [5.74, 6) is -0.276. The van der Waals surface area contributed by atoms with E-state index in [2.05, 4.69) is 15.5 Å². The normalized spacial score (nSPS) is 11.2. The minimum Gasteiger partial charge on any atom is -0.478 e. The summed E-state index contributed by atoms with van der Waals surface area (Å²) >= 11 is 0. The number of hydrazone groups is 1. The fraction of sp³-hybridized carbons (Fsp3) is 0.118. The fourth-order valence-electron chi connectivity index (χ4n) is 1.91. The molecule has 0 amide bonds. The van der Waals surface area contributed by atoms with Crippen LogP contribution in [0.4, 0.5) is 5.82 Å². The molecule has 0 saturated heterocycles. The highest BCUT2D eigenvalue weighted by Crippen LogP contribution is 2.23. The van der Waals surface area contributed by atoms with E-state index in [-0.39, 0.29) is 5.56 Å². The highest BCUT2D eigenvalue weighted by atomic mass is 16.4. The maximum Gasteiger partial charge on any atom is 0.335 e. The van der Waals surface area contributed by atoms with E-state index >= 15 is 0 Å². The van der Waals surface area contributed by atoms with Crippen molar-refractivity contribution in [3.05, 3.63) is 59.8 Å². The number of allylic oxidation sites excluding steroid dienone is 2. The quantitative estimate of drug-likeness (QED) is 0.651. The third-order valence-electron chi connectivity index (χ3n) is 3.04. The molecule has 0 atom stereocenters. The molecule has 2 rings (SSSR count). The van der Waals surface area contributed by atoms with Gasteiger partial charge in [-0.2, -0.15) is 5.10 Å². The number of carboxylic acids is 1. The number of carboxylic acid groups (broad SMARTS) is 1. The molecular weight excluding hydrogens is 278 g/mol. The largest absolute Gasteiger partial charge is 0.478 e. The van der Waals surface area contributed by atoms with Gasteiger partial charge in [0.2, 0.25) is 0 Å². The summed E-state index contributed by atoms with van der Waals surface area (Å²) in [7, 11) is 0. The highest BCUT2D eigenvalue weighted by molar-refractivity contribution is 5.89. The van der Waals surface area contributed by atoms with Crippen LogP contribution in [0.2, 0.25) is 0 Å². The van der Waals surface area contributed by atoms with Crippen molar-refractivity contribution in [3.8, 4) is 11.1 Å². The van der Waals surface area contributed by atoms with Gasteiger partial charge in [0.05, 0.1) is 5.56 Å². The lowest BCUT2D eigenvalue weighted by Gasteiger charge is -2.07. The summed E-state index contributed by atoms with van der Waals surface area (Å²) < 4.78 is 0. The smallest absolute Gasteiger partial charge is 0.335 e. The molecule has 0 fully saturated rings. The summed E-state index contributed by atoms with van der Waals surface area (Å²) in [6, 6.07) is 8.73. The first-order valence-corrected chi connectivity index (χ1v) is 6.82. The van der Waals surface area contributed by atoms with Crippen LogP contribution >= 0.6 is 0 Å². The van der Waals surface area contributed by atoms with Gasteiger partial charge in [0.15, 0.2) is 0 Å². The molecule has 112 valence electrons. The molecule has 2 aromatic rings. The predicted molar refractivity (Wildman–Crippen MR) is 88.3 cm³/mol. The molecule has 1 aromatic carbocycles. The molecule has 5 nitrogen and oxygen atoms in total. The number of nitrogens with zero attached hydrogens (tertiary/aromatic N) is 2. The molecule has 1 heterocycles. The number of carbonyl (C=O) groups is 1. The Balaban J connectivity index is 2.25. The Kier molecular flexibility index (Phi) is 5.03. The first-order valence-electron chi connectivity index (χ1n) is 6.82.